The maximum absolute atomic E-state index is 13.2. The molecule has 8 atom stereocenters. The molecule has 2 bridgehead atoms. The molecule has 3 aliphatic heterocycles. The maximum Gasteiger partial charge on any atom is 0.259 e. The van der Waals surface area contributed by atoms with Gasteiger partial charge in [0.15, 0.2) is 0 Å². The number of piperazine rings is 1. The molecule has 3 heterocycles. The van der Waals surface area contributed by atoms with Gasteiger partial charge < -0.3 is 15.5 Å². The molecule has 0 radical (unpaired) electrons. The number of anilines is 1. The molecule has 11 heteroatoms. The number of hydrogen-bond donors (Lipinski definition) is 3. The maximum atomic E-state index is 13.2. The van der Waals surface area contributed by atoms with E-state index in [1.807, 2.05) is 28.9 Å². The summed E-state index contributed by atoms with van der Waals surface area (Å²) in [4.78, 5) is 31.8. The van der Waals surface area contributed by atoms with Gasteiger partial charge in [0.05, 0.1) is 24.2 Å². The Labute approximate surface area is 195 Å². The SMILES string of the molecule is C[C@H](c1ccc(NS(=O)O)cc1)N1C(=O)[C@@H]2C[C@H]1CN2C[C@H](N)C(=O)N1[C@H](C#N)CC2C[C@@H]21. The van der Waals surface area contributed by atoms with Gasteiger partial charge in [0.25, 0.3) is 11.3 Å². The van der Waals surface area contributed by atoms with E-state index in [0.29, 0.717) is 31.1 Å². The van der Waals surface area contributed by atoms with Gasteiger partial charge >= 0.3 is 0 Å². The number of nitrogens with one attached hydrogen (secondary N) is 1. The zero-order valence-corrected chi connectivity index (χ0v) is 19.1. The van der Waals surface area contributed by atoms with E-state index >= 15 is 0 Å². The topological polar surface area (TPSA) is 143 Å². The Hall–Kier alpha value is -2.52. The van der Waals surface area contributed by atoms with E-state index < -0.39 is 17.3 Å². The highest BCUT2D eigenvalue weighted by Crippen LogP contribution is 2.48. The summed E-state index contributed by atoms with van der Waals surface area (Å²) >= 11 is -2.13. The normalized spacial score (nSPS) is 32.9. The Balaban J connectivity index is 1.21. The Morgan fingerprint density at radius 2 is 2.06 bits per heavy atom. The van der Waals surface area contributed by atoms with Crippen molar-refractivity contribution in [1.82, 2.24) is 14.7 Å². The number of nitriles is 1. The first-order valence-electron chi connectivity index (χ1n) is 11.3. The summed E-state index contributed by atoms with van der Waals surface area (Å²) in [5.41, 5.74) is 7.74. The lowest BCUT2D eigenvalue weighted by Gasteiger charge is -2.38. The molecule has 3 saturated heterocycles. The van der Waals surface area contributed by atoms with Crippen LogP contribution in [0.2, 0.25) is 0 Å². The number of amides is 2. The quantitative estimate of drug-likeness (QED) is 0.488. The summed E-state index contributed by atoms with van der Waals surface area (Å²) in [7, 11) is 0. The van der Waals surface area contributed by atoms with Gasteiger partial charge in [-0.3, -0.25) is 23.8 Å². The number of rotatable bonds is 7. The smallest absolute Gasteiger partial charge is 0.259 e. The van der Waals surface area contributed by atoms with Gasteiger partial charge in [-0.15, -0.1) is 0 Å². The summed E-state index contributed by atoms with van der Waals surface area (Å²) in [5.74, 6) is 0.306. The number of benzene rings is 1. The van der Waals surface area contributed by atoms with Crippen LogP contribution < -0.4 is 10.5 Å². The van der Waals surface area contributed by atoms with Crippen molar-refractivity contribution in [3.05, 3.63) is 29.8 Å². The standard InChI is InChI=1S/C22H28N6O4S/c1-12(13-2-4-15(5-3-13)25-33(31)32)27-17-8-20(22(27)30)26(10-17)11-18(24)21(29)28-16(9-23)6-14-7-19(14)28/h2-5,12,14,16-20,25H,6-8,10-11,24H2,1H3,(H,31,32)/t12-,14?,16+,17+,18+,19+,20+/m1/s1. The molecule has 1 aromatic carbocycles. The lowest BCUT2D eigenvalue weighted by atomic mass is 10.0. The van der Waals surface area contributed by atoms with Crippen LogP contribution >= 0.6 is 0 Å². The second kappa shape index (κ2) is 8.36. The van der Waals surface area contributed by atoms with Crippen molar-refractivity contribution in [2.45, 2.75) is 62.4 Å². The minimum atomic E-state index is -2.13. The number of carbonyl (C=O) groups excluding carboxylic acids is 2. The first kappa shape index (κ1) is 22.3. The predicted molar refractivity (Wildman–Crippen MR) is 121 cm³/mol. The van der Waals surface area contributed by atoms with Crippen LogP contribution in [-0.4, -0.2) is 78.6 Å². The van der Waals surface area contributed by atoms with E-state index in [-0.39, 0.29) is 42.0 Å². The minimum absolute atomic E-state index is 0.0374. The summed E-state index contributed by atoms with van der Waals surface area (Å²) in [5, 5.41) is 9.37. The Kier molecular flexibility index (Phi) is 5.64. The molecule has 2 amide bonds. The molecule has 2 unspecified atom stereocenters. The second-order valence-corrected chi connectivity index (χ2v) is 10.3. The summed E-state index contributed by atoms with van der Waals surface area (Å²) in [6.45, 7) is 2.96. The van der Waals surface area contributed by atoms with Gasteiger partial charge in [-0.25, -0.2) is 4.21 Å². The van der Waals surface area contributed by atoms with Crippen LogP contribution in [0.25, 0.3) is 0 Å². The Morgan fingerprint density at radius 3 is 2.70 bits per heavy atom. The van der Waals surface area contributed by atoms with Crippen LogP contribution in [0.1, 0.15) is 37.8 Å². The number of piperidine rings is 1. The van der Waals surface area contributed by atoms with Crippen molar-refractivity contribution < 1.29 is 18.4 Å². The van der Waals surface area contributed by atoms with Crippen LogP contribution in [-0.2, 0) is 20.9 Å². The number of nitrogens with zero attached hydrogens (tertiary/aromatic N) is 4. The fourth-order valence-corrected chi connectivity index (χ4v) is 6.24. The highest BCUT2D eigenvalue weighted by atomic mass is 32.2. The third-order valence-corrected chi connectivity index (χ3v) is 8.00. The summed E-state index contributed by atoms with van der Waals surface area (Å²) in [6.07, 6.45) is 2.42. The van der Waals surface area contributed by atoms with Crippen molar-refractivity contribution in [1.29, 1.82) is 5.26 Å². The van der Waals surface area contributed by atoms with Gasteiger partial charge in [-0.05, 0) is 49.8 Å². The number of fused-ring (bicyclic) bond motifs is 3. The van der Waals surface area contributed by atoms with Gasteiger partial charge in [0.2, 0.25) is 11.8 Å². The minimum Gasteiger partial charge on any atom is -0.330 e. The molecule has 10 nitrogen and oxygen atoms in total. The fourth-order valence-electron chi connectivity index (χ4n) is 5.90. The number of nitrogens with two attached hydrogens (primary N) is 1. The Morgan fingerprint density at radius 1 is 1.33 bits per heavy atom. The largest absolute Gasteiger partial charge is 0.330 e. The van der Waals surface area contributed by atoms with Crippen LogP contribution in [0.3, 0.4) is 0 Å². The van der Waals surface area contributed by atoms with Gasteiger partial charge in [0, 0.05) is 30.9 Å². The lowest BCUT2D eigenvalue weighted by molar-refractivity contribution is -0.141. The monoisotopic (exact) mass is 472 g/mol. The molecule has 33 heavy (non-hydrogen) atoms. The van der Waals surface area contributed by atoms with E-state index in [4.69, 9.17) is 10.3 Å². The fraction of sp³-hybridized carbons (Fsp3) is 0.591. The van der Waals surface area contributed by atoms with Gasteiger partial charge in [-0.1, -0.05) is 12.1 Å². The molecule has 1 aliphatic carbocycles. The molecule has 5 rings (SSSR count). The van der Waals surface area contributed by atoms with E-state index in [9.17, 15) is 19.1 Å². The number of hydrogen-bond acceptors (Lipinski definition) is 6. The van der Waals surface area contributed by atoms with Crippen LogP contribution in [0.5, 0.6) is 0 Å². The Bertz CT molecular complexity index is 1030. The average molecular weight is 473 g/mol. The molecule has 1 saturated carbocycles. The lowest BCUT2D eigenvalue weighted by Crippen LogP contribution is -2.57. The number of likely N-dealkylation sites (tertiary alicyclic amines) is 3. The van der Waals surface area contributed by atoms with Crippen molar-refractivity contribution in [2.24, 2.45) is 11.7 Å². The molecule has 0 aromatic heterocycles. The number of carbonyl (C=O) groups is 2. The summed E-state index contributed by atoms with van der Waals surface area (Å²) in [6, 6.07) is 8.03. The van der Waals surface area contributed by atoms with E-state index in [2.05, 4.69) is 10.8 Å². The molecular weight excluding hydrogens is 444 g/mol. The first-order chi connectivity index (χ1) is 15.8. The van der Waals surface area contributed by atoms with Crippen molar-refractivity contribution in [2.75, 3.05) is 17.8 Å². The van der Waals surface area contributed by atoms with Crippen molar-refractivity contribution in [3.63, 3.8) is 0 Å². The molecule has 4 aliphatic rings. The molecule has 1 aromatic rings. The highest BCUT2D eigenvalue weighted by Gasteiger charge is 2.56. The predicted octanol–water partition coefficient (Wildman–Crippen LogP) is 0.422. The second-order valence-electron chi connectivity index (χ2n) is 9.55. The van der Waals surface area contributed by atoms with Crippen molar-refractivity contribution in [3.8, 4) is 6.07 Å². The zero-order valence-electron chi connectivity index (χ0n) is 18.3. The molecular formula is C22H28N6O4S. The van der Waals surface area contributed by atoms with Crippen molar-refractivity contribution >= 4 is 28.8 Å². The van der Waals surface area contributed by atoms with Crippen LogP contribution in [0.15, 0.2) is 24.3 Å². The van der Waals surface area contributed by atoms with E-state index in [1.165, 1.54) is 0 Å². The third kappa shape index (κ3) is 3.91. The van der Waals surface area contributed by atoms with E-state index in [0.717, 1.165) is 18.4 Å². The van der Waals surface area contributed by atoms with Gasteiger partial charge in [0.1, 0.15) is 6.04 Å². The molecule has 0 spiro atoms. The average Bonchev–Trinajstić information content (AvgIpc) is 3.12. The van der Waals surface area contributed by atoms with Crippen LogP contribution in [0.4, 0.5) is 5.69 Å². The molecule has 4 fully saturated rings. The molecule has 4 N–H and O–H groups in total. The third-order valence-electron chi connectivity index (χ3n) is 7.59. The zero-order chi connectivity index (χ0) is 23.4. The van der Waals surface area contributed by atoms with E-state index in [1.54, 1.807) is 17.0 Å². The van der Waals surface area contributed by atoms with Gasteiger partial charge in [-0.2, -0.15) is 5.26 Å². The first-order valence-corrected chi connectivity index (χ1v) is 12.4. The summed E-state index contributed by atoms with van der Waals surface area (Å²) < 4.78 is 22.3. The van der Waals surface area contributed by atoms with Crippen LogP contribution in [0, 0.1) is 17.2 Å². The molecule has 176 valence electrons. The highest BCUT2D eigenvalue weighted by molar-refractivity contribution is 7.80.